The zero-order valence-electron chi connectivity index (χ0n) is 30.2. The Bertz CT molecular complexity index is 3440. The quantitative estimate of drug-likeness (QED) is 0.176. The lowest BCUT2D eigenvalue weighted by atomic mass is 10.0. The van der Waals surface area contributed by atoms with Crippen LogP contribution in [0, 0.1) is 0 Å². The van der Waals surface area contributed by atoms with E-state index in [0.717, 1.165) is 50.1 Å². The molecule has 0 aliphatic carbocycles. The average molecular weight is 733 g/mol. The molecule has 262 valence electrons. The van der Waals surface area contributed by atoms with Gasteiger partial charge in [-0.1, -0.05) is 127 Å². The first-order valence-electron chi connectivity index (χ1n) is 19.0. The van der Waals surface area contributed by atoms with Gasteiger partial charge in [-0.3, -0.25) is 0 Å². The number of nitrogens with zero attached hydrogens (tertiary/aromatic N) is 2. The molecule has 12 aromatic rings. The molecule has 0 fully saturated rings. The van der Waals surface area contributed by atoms with E-state index in [1.54, 1.807) is 0 Å². The second-order valence-electron chi connectivity index (χ2n) is 14.5. The van der Waals surface area contributed by atoms with Gasteiger partial charge in [-0.05, 0) is 83.2 Å². The number of fused-ring (bicyclic) bond motifs is 11. The zero-order valence-corrected chi connectivity index (χ0v) is 31.0. The molecule has 3 heterocycles. The maximum absolute atomic E-state index is 6.75. The number of hydrogen-bond acceptors (Lipinski definition) is 3. The summed E-state index contributed by atoms with van der Waals surface area (Å²) in [4.78, 5) is 2.42. The minimum Gasteiger partial charge on any atom is -0.455 e. The molecule has 3 aromatic heterocycles. The average Bonchev–Trinajstić information content (AvgIpc) is 3.94. The van der Waals surface area contributed by atoms with Crippen molar-refractivity contribution in [3.8, 4) is 16.8 Å². The number of furan rings is 1. The number of aromatic nitrogens is 1. The smallest absolute Gasteiger partial charge is 0.143 e. The lowest BCUT2D eigenvalue weighted by molar-refractivity contribution is 0.672. The molecule has 0 amide bonds. The first-order valence-corrected chi connectivity index (χ1v) is 19.8. The SMILES string of the molecule is c1ccc(-n2c3ccccc3c3ccccc32)c(N(c2ccc(-c3ccc4c(c3)sc3ccccc34)cc2)c2cccc3oc4c5ccccc5ccc4c23)c1. The Morgan fingerprint density at radius 2 is 1.05 bits per heavy atom. The third-order valence-electron chi connectivity index (χ3n) is 11.4. The van der Waals surface area contributed by atoms with Gasteiger partial charge in [-0.15, -0.1) is 11.3 Å². The van der Waals surface area contributed by atoms with Crippen LogP contribution in [0.4, 0.5) is 17.1 Å². The summed E-state index contributed by atoms with van der Waals surface area (Å²) >= 11 is 1.86. The minimum atomic E-state index is 0.862. The van der Waals surface area contributed by atoms with E-state index < -0.39 is 0 Å². The molecular weight excluding hydrogens is 701 g/mol. The molecule has 0 atom stereocenters. The lowest BCUT2D eigenvalue weighted by Gasteiger charge is -2.29. The second-order valence-corrected chi connectivity index (χ2v) is 15.5. The van der Waals surface area contributed by atoms with Crippen molar-refractivity contribution in [1.82, 2.24) is 4.57 Å². The highest BCUT2D eigenvalue weighted by atomic mass is 32.1. The summed E-state index contributed by atoms with van der Waals surface area (Å²) in [5, 5.41) is 9.57. The van der Waals surface area contributed by atoms with E-state index in [9.17, 15) is 0 Å². The van der Waals surface area contributed by atoms with E-state index in [1.165, 1.54) is 58.5 Å². The second kappa shape index (κ2) is 12.2. The van der Waals surface area contributed by atoms with Crippen molar-refractivity contribution in [3.63, 3.8) is 0 Å². The van der Waals surface area contributed by atoms with Crippen LogP contribution in [0.3, 0.4) is 0 Å². The molecule has 9 aromatic carbocycles. The third-order valence-corrected chi connectivity index (χ3v) is 12.5. The molecule has 0 saturated carbocycles. The molecule has 0 aliphatic rings. The summed E-state index contributed by atoms with van der Waals surface area (Å²) in [5.74, 6) is 0. The Morgan fingerprint density at radius 3 is 1.88 bits per heavy atom. The van der Waals surface area contributed by atoms with Gasteiger partial charge in [0.05, 0.1) is 33.5 Å². The predicted octanol–water partition coefficient (Wildman–Crippen LogP) is 15.3. The Morgan fingerprint density at radius 1 is 0.429 bits per heavy atom. The predicted molar refractivity (Wildman–Crippen MR) is 239 cm³/mol. The van der Waals surface area contributed by atoms with Gasteiger partial charge in [0.1, 0.15) is 11.2 Å². The van der Waals surface area contributed by atoms with Crippen molar-refractivity contribution < 1.29 is 4.42 Å². The fourth-order valence-electron chi connectivity index (χ4n) is 8.86. The molecule has 56 heavy (non-hydrogen) atoms. The number of thiophene rings is 1. The van der Waals surface area contributed by atoms with Crippen molar-refractivity contribution in [2.75, 3.05) is 4.90 Å². The van der Waals surface area contributed by atoms with Crippen LogP contribution in [0.15, 0.2) is 199 Å². The Labute approximate surface area is 326 Å². The highest BCUT2D eigenvalue weighted by Gasteiger charge is 2.24. The molecule has 0 N–H and O–H groups in total. The van der Waals surface area contributed by atoms with Gasteiger partial charge in [0, 0.05) is 47.4 Å². The fourth-order valence-corrected chi connectivity index (χ4v) is 10.0. The summed E-state index contributed by atoms with van der Waals surface area (Å²) in [6.07, 6.45) is 0. The van der Waals surface area contributed by atoms with E-state index in [1.807, 2.05) is 11.3 Å². The Hall–Kier alpha value is -7.14. The van der Waals surface area contributed by atoms with Gasteiger partial charge >= 0.3 is 0 Å². The normalized spacial score (nSPS) is 11.9. The van der Waals surface area contributed by atoms with Crippen LogP contribution in [0.5, 0.6) is 0 Å². The van der Waals surface area contributed by atoms with Crippen molar-refractivity contribution in [1.29, 1.82) is 0 Å². The van der Waals surface area contributed by atoms with E-state index in [2.05, 4.69) is 204 Å². The van der Waals surface area contributed by atoms with Gasteiger partial charge in [0.15, 0.2) is 0 Å². The molecule has 0 spiro atoms. The van der Waals surface area contributed by atoms with Crippen LogP contribution < -0.4 is 4.90 Å². The standard InChI is InChI=1S/C52H32N2OS/c1-2-13-37-34(12-1)26-31-42-51-47(21-11-22-48(51)55-52(37)42)53(36-28-24-33(25-29-36)35-27-30-41-40-16-5-10-23-49(40)56-50(41)32-35)45-19-8-9-20-46(45)54-43-17-6-3-14-38(43)39-15-4-7-18-44(39)54/h1-32H. The molecule has 0 radical (unpaired) electrons. The molecule has 0 aliphatic heterocycles. The highest BCUT2D eigenvalue weighted by molar-refractivity contribution is 7.25. The molecule has 0 bridgehead atoms. The first kappa shape index (κ1) is 31.2. The maximum atomic E-state index is 6.75. The maximum Gasteiger partial charge on any atom is 0.143 e. The fraction of sp³-hybridized carbons (Fsp3) is 0. The monoisotopic (exact) mass is 732 g/mol. The summed E-state index contributed by atoms with van der Waals surface area (Å²) in [7, 11) is 0. The number of rotatable bonds is 5. The number of hydrogen-bond donors (Lipinski definition) is 0. The Balaban J connectivity index is 1.10. The van der Waals surface area contributed by atoms with E-state index in [0.29, 0.717) is 0 Å². The van der Waals surface area contributed by atoms with Crippen LogP contribution in [0.2, 0.25) is 0 Å². The van der Waals surface area contributed by atoms with Crippen molar-refractivity contribution >= 4 is 103 Å². The summed E-state index contributed by atoms with van der Waals surface area (Å²) in [6, 6.07) is 70.2. The van der Waals surface area contributed by atoms with Gasteiger partial charge in [-0.2, -0.15) is 0 Å². The summed E-state index contributed by atoms with van der Waals surface area (Å²) in [5.41, 5.74) is 10.8. The number of anilines is 3. The van der Waals surface area contributed by atoms with Crippen LogP contribution in [-0.2, 0) is 0 Å². The summed E-state index contributed by atoms with van der Waals surface area (Å²) in [6.45, 7) is 0. The molecule has 12 rings (SSSR count). The Kier molecular flexibility index (Phi) is 6.80. The van der Waals surface area contributed by atoms with Crippen LogP contribution in [0.1, 0.15) is 0 Å². The third kappa shape index (κ3) is 4.63. The van der Waals surface area contributed by atoms with Gasteiger partial charge in [0.2, 0.25) is 0 Å². The highest BCUT2D eigenvalue weighted by Crippen LogP contribution is 2.47. The number of para-hydroxylation sites is 4. The minimum absolute atomic E-state index is 0.862. The zero-order chi connectivity index (χ0) is 36.7. The van der Waals surface area contributed by atoms with E-state index in [4.69, 9.17) is 4.42 Å². The molecule has 4 heteroatoms. The largest absolute Gasteiger partial charge is 0.455 e. The number of benzene rings is 9. The summed E-state index contributed by atoms with van der Waals surface area (Å²) < 4.78 is 11.8. The van der Waals surface area contributed by atoms with E-state index >= 15 is 0 Å². The van der Waals surface area contributed by atoms with Crippen molar-refractivity contribution in [2.24, 2.45) is 0 Å². The van der Waals surface area contributed by atoms with Crippen LogP contribution in [-0.4, -0.2) is 4.57 Å². The van der Waals surface area contributed by atoms with Crippen LogP contribution in [0.25, 0.3) is 91.5 Å². The van der Waals surface area contributed by atoms with E-state index in [-0.39, 0.29) is 0 Å². The van der Waals surface area contributed by atoms with Crippen molar-refractivity contribution in [2.45, 2.75) is 0 Å². The van der Waals surface area contributed by atoms with Crippen LogP contribution >= 0.6 is 11.3 Å². The first-order chi connectivity index (χ1) is 27.8. The molecular formula is C52H32N2OS. The lowest BCUT2D eigenvalue weighted by Crippen LogP contribution is -2.13. The molecule has 0 unspecified atom stereocenters. The van der Waals surface area contributed by atoms with Crippen molar-refractivity contribution in [3.05, 3.63) is 194 Å². The molecule has 0 saturated heterocycles. The molecule has 3 nitrogen and oxygen atoms in total. The van der Waals surface area contributed by atoms with Gasteiger partial charge in [-0.25, -0.2) is 0 Å². The topological polar surface area (TPSA) is 21.3 Å². The van der Waals surface area contributed by atoms with Gasteiger partial charge in [0.25, 0.3) is 0 Å². The van der Waals surface area contributed by atoms with Gasteiger partial charge < -0.3 is 13.9 Å².